The van der Waals surface area contributed by atoms with Gasteiger partial charge in [-0.2, -0.15) is 0 Å². The number of para-hydroxylation sites is 2. The van der Waals surface area contributed by atoms with Crippen molar-refractivity contribution in [3.8, 4) is 0 Å². The molecule has 164 valence electrons. The number of aromatic nitrogens is 2. The fourth-order valence-corrected chi connectivity index (χ4v) is 5.17. The van der Waals surface area contributed by atoms with Crippen LogP contribution in [-0.2, 0) is 18.4 Å². The molecule has 6 heteroatoms. The Labute approximate surface area is 180 Å². The number of carbonyl (C=O) groups excluding carboxylic acids is 1. The van der Waals surface area contributed by atoms with Crippen molar-refractivity contribution in [3.63, 3.8) is 0 Å². The van der Waals surface area contributed by atoms with Crippen LogP contribution >= 0.6 is 0 Å². The van der Waals surface area contributed by atoms with Crippen LogP contribution in [0.1, 0.15) is 51.3 Å². The zero-order chi connectivity index (χ0) is 20.9. The number of aryl methyl sites for hydroxylation is 1. The van der Waals surface area contributed by atoms with Gasteiger partial charge in [-0.25, -0.2) is 4.98 Å². The maximum atomic E-state index is 12.3. The summed E-state index contributed by atoms with van der Waals surface area (Å²) in [4.78, 5) is 22.1. The van der Waals surface area contributed by atoms with Gasteiger partial charge in [0, 0.05) is 26.1 Å². The number of fused-ring (bicyclic) bond motifs is 1. The Balaban J connectivity index is 1.16. The highest BCUT2D eigenvalue weighted by Crippen LogP contribution is 2.24. The number of nitrogens with one attached hydrogen (secondary N) is 1. The Kier molecular flexibility index (Phi) is 7.05. The monoisotopic (exact) mass is 411 g/mol. The molecule has 30 heavy (non-hydrogen) atoms. The zero-order valence-corrected chi connectivity index (χ0v) is 18.6. The number of piperidine rings is 1. The van der Waals surface area contributed by atoms with Crippen molar-refractivity contribution >= 4 is 16.9 Å². The molecule has 0 saturated carbocycles. The number of amides is 1. The van der Waals surface area contributed by atoms with Gasteiger partial charge in [0.25, 0.3) is 0 Å². The van der Waals surface area contributed by atoms with Crippen molar-refractivity contribution in [1.29, 1.82) is 0 Å². The highest BCUT2D eigenvalue weighted by molar-refractivity contribution is 5.76. The average Bonchev–Trinajstić information content (AvgIpc) is 3.36. The summed E-state index contributed by atoms with van der Waals surface area (Å²) in [6, 6.07) is 8.89. The standard InChI is InChI=1S/C24H37N5O/c1-3-29-14-6-7-20(29)17-25-24(30)11-10-19-12-15-28(16-13-19)18-23-26-21-8-4-5-9-22(21)27(23)2/h4-5,8-9,19-20H,3,6-7,10-18H2,1-2H3,(H,25,30)/t20-/m1/s1. The Hall–Kier alpha value is -1.92. The summed E-state index contributed by atoms with van der Waals surface area (Å²) in [6.07, 6.45) is 6.55. The van der Waals surface area contributed by atoms with Crippen molar-refractivity contribution in [1.82, 2.24) is 24.7 Å². The lowest BCUT2D eigenvalue weighted by Gasteiger charge is -2.31. The molecular weight excluding hydrogens is 374 g/mol. The van der Waals surface area contributed by atoms with Crippen LogP contribution in [0.3, 0.4) is 0 Å². The van der Waals surface area contributed by atoms with E-state index in [0.29, 0.717) is 18.4 Å². The third kappa shape index (κ3) is 5.03. The molecule has 0 aliphatic carbocycles. The molecule has 1 atom stereocenters. The molecule has 1 N–H and O–H groups in total. The first-order valence-electron chi connectivity index (χ1n) is 11.8. The summed E-state index contributed by atoms with van der Waals surface area (Å²) in [6.45, 7) is 8.42. The minimum atomic E-state index is 0.236. The second-order valence-electron chi connectivity index (χ2n) is 9.06. The van der Waals surface area contributed by atoms with Gasteiger partial charge in [0.05, 0.1) is 17.6 Å². The number of rotatable bonds is 8. The molecule has 2 saturated heterocycles. The number of hydrogen-bond acceptors (Lipinski definition) is 4. The minimum absolute atomic E-state index is 0.236. The Morgan fingerprint density at radius 3 is 2.73 bits per heavy atom. The van der Waals surface area contributed by atoms with E-state index < -0.39 is 0 Å². The molecule has 1 aromatic carbocycles. The van der Waals surface area contributed by atoms with Crippen molar-refractivity contribution in [2.24, 2.45) is 13.0 Å². The summed E-state index contributed by atoms with van der Waals surface area (Å²) in [5.74, 6) is 2.05. The molecule has 2 aromatic rings. The molecule has 1 amide bonds. The van der Waals surface area contributed by atoms with Crippen LogP contribution in [0.4, 0.5) is 0 Å². The number of carbonyl (C=O) groups is 1. The van der Waals surface area contributed by atoms with Gasteiger partial charge in [-0.15, -0.1) is 0 Å². The molecule has 0 unspecified atom stereocenters. The summed E-state index contributed by atoms with van der Waals surface area (Å²) in [7, 11) is 2.11. The van der Waals surface area contributed by atoms with Gasteiger partial charge >= 0.3 is 0 Å². The van der Waals surface area contributed by atoms with E-state index in [9.17, 15) is 4.79 Å². The first-order valence-corrected chi connectivity index (χ1v) is 11.8. The second kappa shape index (κ2) is 9.92. The van der Waals surface area contributed by atoms with Crippen LogP contribution in [-0.4, -0.2) is 64.0 Å². The average molecular weight is 412 g/mol. The van der Waals surface area contributed by atoms with Gasteiger partial charge in [0.1, 0.15) is 5.82 Å². The number of nitrogens with zero attached hydrogens (tertiary/aromatic N) is 4. The van der Waals surface area contributed by atoms with Gasteiger partial charge in [-0.1, -0.05) is 19.1 Å². The van der Waals surface area contributed by atoms with E-state index in [-0.39, 0.29) is 5.91 Å². The highest BCUT2D eigenvalue weighted by atomic mass is 16.1. The van der Waals surface area contributed by atoms with Crippen molar-refractivity contribution in [2.45, 2.75) is 58.0 Å². The Morgan fingerprint density at radius 2 is 1.97 bits per heavy atom. The van der Waals surface area contributed by atoms with Gasteiger partial charge in [0.15, 0.2) is 0 Å². The number of hydrogen-bond donors (Lipinski definition) is 1. The zero-order valence-electron chi connectivity index (χ0n) is 18.6. The summed E-state index contributed by atoms with van der Waals surface area (Å²) in [5.41, 5.74) is 2.28. The van der Waals surface area contributed by atoms with E-state index in [1.165, 1.54) is 37.7 Å². The van der Waals surface area contributed by atoms with Crippen molar-refractivity contribution in [2.75, 3.05) is 32.7 Å². The predicted molar refractivity (Wildman–Crippen MR) is 121 cm³/mol. The van der Waals surface area contributed by atoms with Gasteiger partial charge < -0.3 is 9.88 Å². The lowest BCUT2D eigenvalue weighted by molar-refractivity contribution is -0.121. The lowest BCUT2D eigenvalue weighted by atomic mass is 9.92. The number of likely N-dealkylation sites (tertiary alicyclic amines) is 2. The number of likely N-dealkylation sites (N-methyl/N-ethyl adjacent to an activating group) is 1. The van der Waals surface area contributed by atoms with Crippen LogP contribution < -0.4 is 5.32 Å². The first kappa shape index (κ1) is 21.3. The summed E-state index contributed by atoms with van der Waals surface area (Å²) < 4.78 is 2.22. The van der Waals surface area contributed by atoms with Crippen LogP contribution in [0.5, 0.6) is 0 Å². The SMILES string of the molecule is CCN1CCC[C@@H]1CNC(=O)CCC1CCN(Cc2nc3ccccc3n2C)CC1. The smallest absolute Gasteiger partial charge is 0.220 e. The largest absolute Gasteiger partial charge is 0.355 e. The quantitative estimate of drug-likeness (QED) is 0.725. The molecule has 0 spiro atoms. The summed E-state index contributed by atoms with van der Waals surface area (Å²) in [5, 5.41) is 3.19. The topological polar surface area (TPSA) is 53.4 Å². The van der Waals surface area contributed by atoms with E-state index >= 15 is 0 Å². The highest BCUT2D eigenvalue weighted by Gasteiger charge is 2.24. The first-order chi connectivity index (χ1) is 14.6. The van der Waals surface area contributed by atoms with E-state index in [2.05, 4.69) is 51.9 Å². The van der Waals surface area contributed by atoms with Crippen LogP contribution in [0, 0.1) is 5.92 Å². The lowest BCUT2D eigenvalue weighted by Crippen LogP contribution is -2.40. The van der Waals surface area contributed by atoms with E-state index in [4.69, 9.17) is 4.98 Å². The fourth-order valence-electron chi connectivity index (χ4n) is 5.17. The maximum absolute atomic E-state index is 12.3. The van der Waals surface area contributed by atoms with E-state index in [1.807, 2.05) is 6.07 Å². The predicted octanol–water partition coefficient (Wildman–Crippen LogP) is 3.17. The molecule has 2 aliphatic rings. The maximum Gasteiger partial charge on any atom is 0.220 e. The molecule has 4 rings (SSSR count). The van der Waals surface area contributed by atoms with E-state index in [1.54, 1.807) is 0 Å². The van der Waals surface area contributed by atoms with Crippen molar-refractivity contribution in [3.05, 3.63) is 30.1 Å². The van der Waals surface area contributed by atoms with Crippen LogP contribution in [0.2, 0.25) is 0 Å². The number of imidazole rings is 1. The minimum Gasteiger partial charge on any atom is -0.355 e. The molecule has 2 aliphatic heterocycles. The third-order valence-electron chi connectivity index (χ3n) is 7.17. The number of benzene rings is 1. The molecule has 0 radical (unpaired) electrons. The molecular formula is C24H37N5O. The molecule has 2 fully saturated rings. The van der Waals surface area contributed by atoms with Crippen molar-refractivity contribution < 1.29 is 4.79 Å². The Morgan fingerprint density at radius 1 is 1.17 bits per heavy atom. The Bertz CT molecular complexity index is 839. The van der Waals surface area contributed by atoms with Crippen LogP contribution in [0.15, 0.2) is 24.3 Å². The van der Waals surface area contributed by atoms with Gasteiger partial charge in [-0.3, -0.25) is 14.6 Å². The second-order valence-corrected chi connectivity index (χ2v) is 9.06. The van der Waals surface area contributed by atoms with Gasteiger partial charge in [-0.05, 0) is 76.3 Å². The van der Waals surface area contributed by atoms with E-state index in [0.717, 1.165) is 50.5 Å². The molecule has 1 aromatic heterocycles. The molecule has 3 heterocycles. The fraction of sp³-hybridized carbons (Fsp3) is 0.667. The normalized spacial score (nSPS) is 21.5. The van der Waals surface area contributed by atoms with Gasteiger partial charge in [0.2, 0.25) is 5.91 Å². The third-order valence-corrected chi connectivity index (χ3v) is 7.17. The molecule has 6 nitrogen and oxygen atoms in total. The summed E-state index contributed by atoms with van der Waals surface area (Å²) >= 11 is 0. The molecule has 0 bridgehead atoms. The van der Waals surface area contributed by atoms with Crippen LogP contribution in [0.25, 0.3) is 11.0 Å².